The maximum absolute atomic E-state index is 5.71. The molecule has 1 unspecified atom stereocenters. The van der Waals surface area contributed by atoms with Crippen molar-refractivity contribution in [3.63, 3.8) is 0 Å². The molecule has 0 amide bonds. The van der Waals surface area contributed by atoms with Gasteiger partial charge in [0.2, 0.25) is 0 Å². The molecule has 0 aliphatic carbocycles. The normalized spacial score (nSPS) is 17.5. The Balaban J connectivity index is 1.76. The number of ether oxygens (including phenoxy) is 1. The zero-order valence-corrected chi connectivity index (χ0v) is 14.9. The van der Waals surface area contributed by atoms with E-state index in [0.717, 1.165) is 36.0 Å². The smallest absolute Gasteiger partial charge is 0.180 e. The van der Waals surface area contributed by atoms with E-state index in [1.54, 1.807) is 17.2 Å². The second-order valence-corrected chi connectivity index (χ2v) is 6.14. The number of hydrogen-bond donors (Lipinski definition) is 0. The summed E-state index contributed by atoms with van der Waals surface area (Å²) in [5.41, 5.74) is 1.76. The predicted octanol–water partition coefficient (Wildman–Crippen LogP) is 1.81. The fourth-order valence-electron chi connectivity index (χ4n) is 3.12. The van der Waals surface area contributed by atoms with Crippen LogP contribution >= 0.6 is 0 Å². The van der Waals surface area contributed by atoms with Gasteiger partial charge in [0.05, 0.1) is 13.2 Å². The second kappa shape index (κ2) is 7.17. The van der Waals surface area contributed by atoms with Crippen LogP contribution < -0.4 is 4.90 Å². The molecule has 0 N–H and O–H groups in total. The molecule has 8 nitrogen and oxygen atoms in total. The number of anilines is 1. The first kappa shape index (κ1) is 16.6. The lowest BCUT2D eigenvalue weighted by Gasteiger charge is -2.35. The van der Waals surface area contributed by atoms with Gasteiger partial charge in [0, 0.05) is 31.5 Å². The van der Waals surface area contributed by atoms with Crippen LogP contribution in [-0.4, -0.2) is 49.5 Å². The number of aryl methyl sites for hydroxylation is 2. The van der Waals surface area contributed by atoms with E-state index >= 15 is 0 Å². The van der Waals surface area contributed by atoms with Crippen LogP contribution in [0.3, 0.4) is 0 Å². The monoisotopic (exact) mass is 351 g/mol. The van der Waals surface area contributed by atoms with Gasteiger partial charge in [-0.2, -0.15) is 5.10 Å². The van der Waals surface area contributed by atoms with Crippen LogP contribution in [0.4, 0.5) is 5.82 Å². The van der Waals surface area contributed by atoms with E-state index in [9.17, 15) is 0 Å². The standard InChI is InChI=1S/C18H21N7O/c1-3-13-10-16(23-17(22-13)14-6-4-5-7-19-14)25-8-9-26-11-15(25)18-20-12-21-24(18)2/h4-7,10,12,15H,3,8-9,11H2,1-2H3. The summed E-state index contributed by atoms with van der Waals surface area (Å²) in [6.45, 7) is 4.03. The average Bonchev–Trinajstić information content (AvgIpc) is 3.14. The molecule has 4 rings (SSSR count). The van der Waals surface area contributed by atoms with Crippen molar-refractivity contribution in [1.82, 2.24) is 29.7 Å². The van der Waals surface area contributed by atoms with Crippen molar-refractivity contribution in [1.29, 1.82) is 0 Å². The van der Waals surface area contributed by atoms with Crippen molar-refractivity contribution in [2.75, 3.05) is 24.7 Å². The van der Waals surface area contributed by atoms with Gasteiger partial charge in [0.1, 0.15) is 23.9 Å². The summed E-state index contributed by atoms with van der Waals surface area (Å²) in [5.74, 6) is 2.37. The van der Waals surface area contributed by atoms with Gasteiger partial charge in [-0.15, -0.1) is 0 Å². The van der Waals surface area contributed by atoms with Gasteiger partial charge < -0.3 is 9.64 Å². The Hall–Kier alpha value is -2.87. The Bertz CT molecular complexity index is 880. The summed E-state index contributed by atoms with van der Waals surface area (Å²) in [4.78, 5) is 20.5. The van der Waals surface area contributed by atoms with Crippen molar-refractivity contribution in [3.8, 4) is 11.5 Å². The Morgan fingerprint density at radius 2 is 2.15 bits per heavy atom. The van der Waals surface area contributed by atoms with Crippen LogP contribution in [0.15, 0.2) is 36.8 Å². The Morgan fingerprint density at radius 1 is 1.23 bits per heavy atom. The van der Waals surface area contributed by atoms with E-state index in [2.05, 4.69) is 31.9 Å². The molecule has 0 bridgehead atoms. The van der Waals surface area contributed by atoms with Gasteiger partial charge in [0.25, 0.3) is 0 Å². The summed E-state index contributed by atoms with van der Waals surface area (Å²) in [6, 6.07) is 7.77. The molecule has 1 atom stereocenters. The molecule has 1 aliphatic rings. The van der Waals surface area contributed by atoms with Crippen LogP contribution in [0.1, 0.15) is 24.5 Å². The molecule has 3 aromatic rings. The minimum absolute atomic E-state index is 0.0348. The van der Waals surface area contributed by atoms with Gasteiger partial charge in [-0.3, -0.25) is 9.67 Å². The molecular formula is C18H21N7O. The molecule has 1 fully saturated rings. The highest BCUT2D eigenvalue weighted by Gasteiger charge is 2.29. The molecule has 3 aromatic heterocycles. The third kappa shape index (κ3) is 3.15. The lowest BCUT2D eigenvalue weighted by Crippen LogP contribution is -2.41. The summed E-state index contributed by atoms with van der Waals surface area (Å²) in [5, 5.41) is 4.20. The van der Waals surface area contributed by atoms with Crippen LogP contribution in [0.2, 0.25) is 0 Å². The van der Waals surface area contributed by atoms with Crippen LogP contribution in [0.25, 0.3) is 11.5 Å². The summed E-state index contributed by atoms with van der Waals surface area (Å²) >= 11 is 0. The zero-order valence-electron chi connectivity index (χ0n) is 14.9. The summed E-state index contributed by atoms with van der Waals surface area (Å²) in [7, 11) is 1.89. The molecule has 0 saturated carbocycles. The van der Waals surface area contributed by atoms with E-state index < -0.39 is 0 Å². The highest BCUT2D eigenvalue weighted by Crippen LogP contribution is 2.29. The van der Waals surface area contributed by atoms with E-state index in [1.807, 2.05) is 31.3 Å². The third-order valence-electron chi connectivity index (χ3n) is 4.49. The van der Waals surface area contributed by atoms with Gasteiger partial charge in [0.15, 0.2) is 11.6 Å². The SMILES string of the molecule is CCc1cc(N2CCOCC2c2ncnn2C)nc(-c2ccccn2)n1. The van der Waals surface area contributed by atoms with Gasteiger partial charge in [-0.1, -0.05) is 13.0 Å². The first-order valence-electron chi connectivity index (χ1n) is 8.74. The Labute approximate surface area is 151 Å². The van der Waals surface area contributed by atoms with Gasteiger partial charge in [-0.25, -0.2) is 15.0 Å². The number of pyridine rings is 1. The van der Waals surface area contributed by atoms with E-state index in [4.69, 9.17) is 9.72 Å². The van der Waals surface area contributed by atoms with Crippen molar-refractivity contribution < 1.29 is 4.74 Å². The molecule has 4 heterocycles. The van der Waals surface area contributed by atoms with Crippen LogP contribution in [-0.2, 0) is 18.2 Å². The third-order valence-corrected chi connectivity index (χ3v) is 4.49. The molecule has 1 aliphatic heterocycles. The number of nitrogens with zero attached hydrogens (tertiary/aromatic N) is 7. The molecule has 26 heavy (non-hydrogen) atoms. The second-order valence-electron chi connectivity index (χ2n) is 6.14. The van der Waals surface area contributed by atoms with E-state index in [-0.39, 0.29) is 6.04 Å². The minimum atomic E-state index is -0.0348. The van der Waals surface area contributed by atoms with Crippen LogP contribution in [0.5, 0.6) is 0 Å². The van der Waals surface area contributed by atoms with Gasteiger partial charge in [-0.05, 0) is 18.6 Å². The Morgan fingerprint density at radius 3 is 2.88 bits per heavy atom. The molecule has 0 aromatic carbocycles. The first-order chi connectivity index (χ1) is 12.8. The van der Waals surface area contributed by atoms with Crippen molar-refractivity contribution >= 4 is 5.82 Å². The zero-order chi connectivity index (χ0) is 17.9. The molecule has 1 saturated heterocycles. The van der Waals surface area contributed by atoms with Gasteiger partial charge >= 0.3 is 0 Å². The maximum atomic E-state index is 5.71. The van der Waals surface area contributed by atoms with Crippen molar-refractivity contribution in [2.45, 2.75) is 19.4 Å². The minimum Gasteiger partial charge on any atom is -0.377 e. The summed E-state index contributed by atoms with van der Waals surface area (Å²) < 4.78 is 7.49. The van der Waals surface area contributed by atoms with Crippen molar-refractivity contribution in [2.24, 2.45) is 7.05 Å². The lowest BCUT2D eigenvalue weighted by atomic mass is 10.2. The van der Waals surface area contributed by atoms with Crippen LogP contribution in [0, 0.1) is 0 Å². The van der Waals surface area contributed by atoms with Crippen molar-refractivity contribution in [3.05, 3.63) is 48.3 Å². The molecule has 0 spiro atoms. The Kier molecular flexibility index (Phi) is 4.57. The quantitative estimate of drug-likeness (QED) is 0.709. The molecule has 0 radical (unpaired) electrons. The fourth-order valence-corrected chi connectivity index (χ4v) is 3.12. The predicted molar refractivity (Wildman–Crippen MR) is 96.6 cm³/mol. The largest absolute Gasteiger partial charge is 0.377 e. The molecule has 8 heteroatoms. The summed E-state index contributed by atoms with van der Waals surface area (Å²) in [6.07, 6.45) is 4.15. The number of rotatable bonds is 4. The maximum Gasteiger partial charge on any atom is 0.180 e. The highest BCUT2D eigenvalue weighted by molar-refractivity contribution is 5.54. The highest BCUT2D eigenvalue weighted by atomic mass is 16.5. The fraction of sp³-hybridized carbons (Fsp3) is 0.389. The number of hydrogen-bond acceptors (Lipinski definition) is 7. The lowest BCUT2D eigenvalue weighted by molar-refractivity contribution is 0.0902. The topological polar surface area (TPSA) is 81.9 Å². The van der Waals surface area contributed by atoms with E-state index in [0.29, 0.717) is 19.0 Å². The average molecular weight is 351 g/mol. The number of aromatic nitrogens is 6. The number of morpholine rings is 1. The molecule has 134 valence electrons. The van der Waals surface area contributed by atoms with E-state index in [1.165, 1.54) is 0 Å². The molecular weight excluding hydrogens is 330 g/mol. The first-order valence-corrected chi connectivity index (χ1v) is 8.74.